The molecule has 0 saturated carbocycles. The Hall–Kier alpha value is -0.0800. The Balaban J connectivity index is 2.66. The molecule has 0 bridgehead atoms. The highest BCUT2D eigenvalue weighted by molar-refractivity contribution is 5.00. The Morgan fingerprint density at radius 1 is 1.25 bits per heavy atom. The summed E-state index contributed by atoms with van der Waals surface area (Å²) in [4.78, 5) is 0. The molecule has 1 saturated heterocycles. The first kappa shape index (κ1) is 10.0. The standard InChI is InChI=1S/C10H20O2/c1-7(2)9(8(3)4)10(5-11)6-12-10/h7-9,11H,5-6H2,1-4H3. The van der Waals surface area contributed by atoms with Crippen molar-refractivity contribution < 1.29 is 9.84 Å². The number of ether oxygens (including phenoxy) is 1. The second-order valence-corrected chi connectivity index (χ2v) is 4.53. The third kappa shape index (κ3) is 1.64. The molecule has 0 aromatic carbocycles. The third-order valence-electron chi connectivity index (χ3n) is 2.83. The largest absolute Gasteiger partial charge is 0.393 e. The molecule has 2 nitrogen and oxygen atoms in total. The van der Waals surface area contributed by atoms with E-state index in [9.17, 15) is 5.11 Å². The highest BCUT2D eigenvalue weighted by Crippen LogP contribution is 2.42. The molecule has 0 aromatic heterocycles. The molecule has 0 aromatic rings. The van der Waals surface area contributed by atoms with Crippen LogP contribution in [0.3, 0.4) is 0 Å². The summed E-state index contributed by atoms with van der Waals surface area (Å²) in [6.07, 6.45) is 0. The van der Waals surface area contributed by atoms with Gasteiger partial charge in [0.05, 0.1) is 13.2 Å². The summed E-state index contributed by atoms with van der Waals surface area (Å²) in [5, 5.41) is 9.20. The van der Waals surface area contributed by atoms with Crippen LogP contribution in [0, 0.1) is 17.8 Å². The van der Waals surface area contributed by atoms with Crippen molar-refractivity contribution in [3.8, 4) is 0 Å². The lowest BCUT2D eigenvalue weighted by Gasteiger charge is -2.29. The van der Waals surface area contributed by atoms with Gasteiger partial charge in [0.1, 0.15) is 5.60 Å². The average Bonchev–Trinajstić information content (AvgIpc) is 2.68. The number of aliphatic hydroxyl groups excluding tert-OH is 1. The molecule has 0 radical (unpaired) electrons. The molecule has 1 heterocycles. The fourth-order valence-corrected chi connectivity index (χ4v) is 2.47. The maximum absolute atomic E-state index is 9.20. The van der Waals surface area contributed by atoms with Crippen LogP contribution in [0.2, 0.25) is 0 Å². The number of epoxide rings is 1. The normalized spacial score (nSPS) is 29.0. The summed E-state index contributed by atoms with van der Waals surface area (Å²) in [6, 6.07) is 0. The first-order chi connectivity index (χ1) is 5.53. The van der Waals surface area contributed by atoms with Crippen molar-refractivity contribution in [2.24, 2.45) is 17.8 Å². The van der Waals surface area contributed by atoms with E-state index in [1.165, 1.54) is 0 Å². The minimum Gasteiger partial charge on any atom is -0.393 e. The molecule has 1 aliphatic heterocycles. The maximum atomic E-state index is 9.20. The van der Waals surface area contributed by atoms with Crippen LogP contribution in [0.25, 0.3) is 0 Å². The smallest absolute Gasteiger partial charge is 0.118 e. The summed E-state index contributed by atoms with van der Waals surface area (Å²) in [5.41, 5.74) is -0.192. The van der Waals surface area contributed by atoms with Gasteiger partial charge in [-0.15, -0.1) is 0 Å². The summed E-state index contributed by atoms with van der Waals surface area (Å²) >= 11 is 0. The Bertz CT molecular complexity index is 140. The van der Waals surface area contributed by atoms with E-state index in [0.717, 1.165) is 6.61 Å². The van der Waals surface area contributed by atoms with Crippen LogP contribution >= 0.6 is 0 Å². The van der Waals surface area contributed by atoms with E-state index in [2.05, 4.69) is 27.7 Å². The van der Waals surface area contributed by atoms with E-state index in [-0.39, 0.29) is 12.2 Å². The van der Waals surface area contributed by atoms with E-state index < -0.39 is 0 Å². The van der Waals surface area contributed by atoms with Crippen LogP contribution in [0.15, 0.2) is 0 Å². The monoisotopic (exact) mass is 172 g/mol. The molecule has 0 spiro atoms. The lowest BCUT2D eigenvalue weighted by molar-refractivity contribution is 0.0709. The van der Waals surface area contributed by atoms with Crippen LogP contribution < -0.4 is 0 Å². The average molecular weight is 172 g/mol. The number of hydrogen-bond acceptors (Lipinski definition) is 2. The zero-order valence-electron chi connectivity index (χ0n) is 8.50. The maximum Gasteiger partial charge on any atom is 0.118 e. The molecule has 1 N–H and O–H groups in total. The van der Waals surface area contributed by atoms with Crippen LogP contribution in [-0.4, -0.2) is 23.9 Å². The highest BCUT2D eigenvalue weighted by atomic mass is 16.6. The molecule has 1 rings (SSSR count). The molecular weight excluding hydrogens is 152 g/mol. The lowest BCUT2D eigenvalue weighted by Crippen LogP contribution is -2.36. The number of aliphatic hydroxyl groups is 1. The molecule has 72 valence electrons. The van der Waals surface area contributed by atoms with Gasteiger partial charge in [-0.1, -0.05) is 27.7 Å². The molecule has 1 fully saturated rings. The number of hydrogen-bond donors (Lipinski definition) is 1. The van der Waals surface area contributed by atoms with Crippen molar-refractivity contribution in [3.63, 3.8) is 0 Å². The Morgan fingerprint density at radius 3 is 1.75 bits per heavy atom. The molecule has 2 heteroatoms. The topological polar surface area (TPSA) is 32.8 Å². The van der Waals surface area contributed by atoms with Gasteiger partial charge in [0.25, 0.3) is 0 Å². The predicted molar refractivity (Wildman–Crippen MR) is 48.9 cm³/mol. The Labute approximate surface area is 74.9 Å². The van der Waals surface area contributed by atoms with Crippen molar-refractivity contribution in [1.29, 1.82) is 0 Å². The van der Waals surface area contributed by atoms with Crippen molar-refractivity contribution in [3.05, 3.63) is 0 Å². The van der Waals surface area contributed by atoms with E-state index in [1.54, 1.807) is 0 Å². The van der Waals surface area contributed by atoms with Crippen LogP contribution in [0.5, 0.6) is 0 Å². The minimum atomic E-state index is -0.192. The molecule has 0 aliphatic carbocycles. The summed E-state index contributed by atoms with van der Waals surface area (Å²) < 4.78 is 5.38. The quantitative estimate of drug-likeness (QED) is 0.654. The second-order valence-electron chi connectivity index (χ2n) is 4.53. The van der Waals surface area contributed by atoms with Gasteiger partial charge >= 0.3 is 0 Å². The minimum absolute atomic E-state index is 0.175. The molecule has 1 unspecified atom stereocenters. The van der Waals surface area contributed by atoms with E-state index >= 15 is 0 Å². The lowest BCUT2D eigenvalue weighted by atomic mass is 9.76. The van der Waals surface area contributed by atoms with Crippen molar-refractivity contribution >= 4 is 0 Å². The zero-order valence-corrected chi connectivity index (χ0v) is 8.50. The van der Waals surface area contributed by atoms with Gasteiger partial charge in [0.15, 0.2) is 0 Å². The fraction of sp³-hybridized carbons (Fsp3) is 1.00. The van der Waals surface area contributed by atoms with Gasteiger partial charge in [-0.05, 0) is 17.8 Å². The SMILES string of the molecule is CC(C)C(C(C)C)C1(CO)CO1. The van der Waals surface area contributed by atoms with Gasteiger partial charge in [0, 0.05) is 0 Å². The Kier molecular flexibility index (Phi) is 2.79. The van der Waals surface area contributed by atoms with E-state index in [1.807, 2.05) is 0 Å². The van der Waals surface area contributed by atoms with Crippen molar-refractivity contribution in [2.75, 3.05) is 13.2 Å². The molecular formula is C10H20O2. The number of rotatable bonds is 4. The predicted octanol–water partition coefficient (Wildman–Crippen LogP) is 1.68. The van der Waals surface area contributed by atoms with Crippen LogP contribution in [-0.2, 0) is 4.74 Å². The van der Waals surface area contributed by atoms with Gasteiger partial charge in [-0.2, -0.15) is 0 Å². The second kappa shape index (κ2) is 3.35. The summed E-state index contributed by atoms with van der Waals surface area (Å²) in [6.45, 7) is 9.71. The van der Waals surface area contributed by atoms with E-state index in [4.69, 9.17) is 4.74 Å². The molecule has 12 heavy (non-hydrogen) atoms. The van der Waals surface area contributed by atoms with Gasteiger partial charge in [0.2, 0.25) is 0 Å². The summed E-state index contributed by atoms with van der Waals surface area (Å²) in [7, 11) is 0. The van der Waals surface area contributed by atoms with Crippen LogP contribution in [0.1, 0.15) is 27.7 Å². The van der Waals surface area contributed by atoms with Crippen molar-refractivity contribution in [1.82, 2.24) is 0 Å². The highest BCUT2D eigenvalue weighted by Gasteiger charge is 2.52. The fourth-order valence-electron chi connectivity index (χ4n) is 2.47. The molecule has 0 amide bonds. The molecule has 1 aliphatic rings. The van der Waals surface area contributed by atoms with Crippen molar-refractivity contribution in [2.45, 2.75) is 33.3 Å². The van der Waals surface area contributed by atoms with E-state index in [0.29, 0.717) is 17.8 Å². The molecule has 1 atom stereocenters. The first-order valence-electron chi connectivity index (χ1n) is 4.78. The van der Waals surface area contributed by atoms with Gasteiger partial charge in [-0.25, -0.2) is 0 Å². The first-order valence-corrected chi connectivity index (χ1v) is 4.78. The zero-order chi connectivity index (χ0) is 9.35. The summed E-state index contributed by atoms with van der Waals surface area (Å²) in [5.74, 6) is 1.65. The van der Waals surface area contributed by atoms with Crippen LogP contribution in [0.4, 0.5) is 0 Å². The Morgan fingerprint density at radius 2 is 1.67 bits per heavy atom. The van der Waals surface area contributed by atoms with Gasteiger partial charge < -0.3 is 9.84 Å². The van der Waals surface area contributed by atoms with Gasteiger partial charge in [-0.3, -0.25) is 0 Å². The third-order valence-corrected chi connectivity index (χ3v) is 2.83.